The molecule has 1 aromatic carbocycles. The van der Waals surface area contributed by atoms with Crippen LogP contribution < -0.4 is 0 Å². The molecular weight excluding hydrogens is 182 g/mol. The Morgan fingerprint density at radius 2 is 1.80 bits per heavy atom. The second-order valence-electron chi connectivity index (χ2n) is 4.51. The molecular formula is C14H19N. The lowest BCUT2D eigenvalue weighted by Gasteiger charge is -2.28. The minimum atomic E-state index is 0.210. The SMILES string of the molecule is CCC1(CC)C(C)=Nc2ccc(C)cc21. The number of rotatable bonds is 2. The Kier molecular flexibility index (Phi) is 2.41. The van der Waals surface area contributed by atoms with E-state index in [2.05, 4.69) is 45.9 Å². The van der Waals surface area contributed by atoms with Crippen molar-refractivity contribution in [3.05, 3.63) is 29.3 Å². The van der Waals surface area contributed by atoms with Crippen LogP contribution in [0.4, 0.5) is 5.69 Å². The predicted molar refractivity (Wildman–Crippen MR) is 66.2 cm³/mol. The summed E-state index contributed by atoms with van der Waals surface area (Å²) in [5.41, 5.74) is 5.45. The molecule has 0 saturated heterocycles. The average Bonchev–Trinajstić information content (AvgIpc) is 2.50. The summed E-state index contributed by atoms with van der Waals surface area (Å²) in [4.78, 5) is 4.71. The maximum absolute atomic E-state index is 4.71. The molecule has 0 fully saturated rings. The van der Waals surface area contributed by atoms with Crippen LogP contribution >= 0.6 is 0 Å². The maximum Gasteiger partial charge on any atom is 0.0670 e. The Morgan fingerprint density at radius 3 is 2.40 bits per heavy atom. The molecule has 0 radical (unpaired) electrons. The van der Waals surface area contributed by atoms with Gasteiger partial charge in [-0.25, -0.2) is 0 Å². The Labute approximate surface area is 92.2 Å². The fraction of sp³-hybridized carbons (Fsp3) is 0.500. The molecule has 0 unspecified atom stereocenters. The third-order valence-corrected chi connectivity index (χ3v) is 3.86. The Hall–Kier alpha value is -1.11. The molecule has 0 spiro atoms. The first-order chi connectivity index (χ1) is 7.14. The van der Waals surface area contributed by atoms with Crippen molar-refractivity contribution in [1.82, 2.24) is 0 Å². The zero-order valence-corrected chi connectivity index (χ0v) is 10.1. The molecule has 1 heterocycles. The zero-order chi connectivity index (χ0) is 11.1. The smallest absolute Gasteiger partial charge is 0.0670 e. The van der Waals surface area contributed by atoms with Gasteiger partial charge in [0.2, 0.25) is 0 Å². The van der Waals surface area contributed by atoms with Gasteiger partial charge in [-0.2, -0.15) is 0 Å². The third-order valence-electron chi connectivity index (χ3n) is 3.86. The standard InChI is InChI=1S/C14H19N/c1-5-14(6-2)11(4)15-13-8-7-10(3)9-12(13)14/h7-9H,5-6H2,1-4H3. The zero-order valence-electron chi connectivity index (χ0n) is 10.1. The van der Waals surface area contributed by atoms with E-state index < -0.39 is 0 Å². The van der Waals surface area contributed by atoms with Crippen molar-refractivity contribution in [3.63, 3.8) is 0 Å². The van der Waals surface area contributed by atoms with Gasteiger partial charge in [0.15, 0.2) is 0 Å². The van der Waals surface area contributed by atoms with E-state index in [0.29, 0.717) is 0 Å². The molecule has 15 heavy (non-hydrogen) atoms. The van der Waals surface area contributed by atoms with Gasteiger partial charge in [-0.1, -0.05) is 31.5 Å². The van der Waals surface area contributed by atoms with Crippen molar-refractivity contribution >= 4 is 11.4 Å². The second-order valence-corrected chi connectivity index (χ2v) is 4.51. The third kappa shape index (κ3) is 1.33. The second kappa shape index (κ2) is 3.48. The monoisotopic (exact) mass is 201 g/mol. The number of aliphatic imine (C=N–C) groups is 1. The van der Waals surface area contributed by atoms with Gasteiger partial charge in [0.05, 0.1) is 5.69 Å². The number of nitrogens with zero attached hydrogens (tertiary/aromatic N) is 1. The first-order valence-electron chi connectivity index (χ1n) is 5.81. The summed E-state index contributed by atoms with van der Waals surface area (Å²) in [6, 6.07) is 6.61. The lowest BCUT2D eigenvalue weighted by Crippen LogP contribution is -2.29. The van der Waals surface area contributed by atoms with E-state index in [1.165, 1.54) is 22.5 Å². The van der Waals surface area contributed by atoms with Crippen LogP contribution in [0.25, 0.3) is 0 Å². The molecule has 0 N–H and O–H groups in total. The Bertz CT molecular complexity index is 411. The van der Waals surface area contributed by atoms with E-state index in [4.69, 9.17) is 4.99 Å². The van der Waals surface area contributed by atoms with Gasteiger partial charge in [0.1, 0.15) is 0 Å². The lowest BCUT2D eigenvalue weighted by atomic mass is 9.73. The molecule has 0 bridgehead atoms. The molecule has 80 valence electrons. The van der Waals surface area contributed by atoms with Crippen molar-refractivity contribution in [2.24, 2.45) is 4.99 Å². The van der Waals surface area contributed by atoms with Gasteiger partial charge in [-0.15, -0.1) is 0 Å². The molecule has 0 saturated carbocycles. The normalized spacial score (nSPS) is 17.5. The molecule has 0 aliphatic carbocycles. The van der Waals surface area contributed by atoms with Gasteiger partial charge in [-0.3, -0.25) is 4.99 Å². The number of hydrogen-bond donors (Lipinski definition) is 0. The molecule has 1 aliphatic heterocycles. The quantitative estimate of drug-likeness (QED) is 0.681. The van der Waals surface area contributed by atoms with Crippen LogP contribution in [0, 0.1) is 6.92 Å². The van der Waals surface area contributed by atoms with Crippen LogP contribution in [0.3, 0.4) is 0 Å². The average molecular weight is 201 g/mol. The lowest BCUT2D eigenvalue weighted by molar-refractivity contribution is 0.542. The van der Waals surface area contributed by atoms with Crippen molar-refractivity contribution < 1.29 is 0 Å². The molecule has 2 rings (SSSR count). The van der Waals surface area contributed by atoms with Gasteiger partial charge in [-0.05, 0) is 38.3 Å². The van der Waals surface area contributed by atoms with Crippen molar-refractivity contribution in [2.75, 3.05) is 0 Å². The van der Waals surface area contributed by atoms with Gasteiger partial charge in [0.25, 0.3) is 0 Å². The van der Waals surface area contributed by atoms with Crippen molar-refractivity contribution in [2.45, 2.75) is 46.0 Å². The molecule has 1 aromatic rings. The summed E-state index contributed by atoms with van der Waals surface area (Å²) < 4.78 is 0. The van der Waals surface area contributed by atoms with E-state index in [1.807, 2.05) is 0 Å². The van der Waals surface area contributed by atoms with Crippen molar-refractivity contribution in [1.29, 1.82) is 0 Å². The van der Waals surface area contributed by atoms with Crippen LogP contribution in [0.15, 0.2) is 23.2 Å². The van der Waals surface area contributed by atoms with E-state index >= 15 is 0 Å². The van der Waals surface area contributed by atoms with Gasteiger partial charge < -0.3 is 0 Å². The van der Waals surface area contributed by atoms with Crippen LogP contribution in [0.2, 0.25) is 0 Å². The number of benzene rings is 1. The summed E-state index contributed by atoms with van der Waals surface area (Å²) in [7, 11) is 0. The van der Waals surface area contributed by atoms with E-state index in [1.54, 1.807) is 0 Å². The predicted octanol–water partition coefficient (Wildman–Crippen LogP) is 4.16. The van der Waals surface area contributed by atoms with Gasteiger partial charge >= 0.3 is 0 Å². The van der Waals surface area contributed by atoms with Crippen LogP contribution in [-0.4, -0.2) is 5.71 Å². The number of aryl methyl sites for hydroxylation is 1. The first kappa shape index (κ1) is 10.4. The highest BCUT2D eigenvalue weighted by molar-refractivity contribution is 6.00. The summed E-state index contributed by atoms with van der Waals surface area (Å²) in [5, 5.41) is 0. The summed E-state index contributed by atoms with van der Waals surface area (Å²) in [5.74, 6) is 0. The largest absolute Gasteiger partial charge is 0.257 e. The van der Waals surface area contributed by atoms with Crippen molar-refractivity contribution in [3.8, 4) is 0 Å². The van der Waals surface area contributed by atoms with Crippen LogP contribution in [-0.2, 0) is 5.41 Å². The van der Waals surface area contributed by atoms with Gasteiger partial charge in [0, 0.05) is 11.1 Å². The Morgan fingerprint density at radius 1 is 1.13 bits per heavy atom. The molecule has 1 aliphatic rings. The van der Waals surface area contributed by atoms with Crippen LogP contribution in [0.5, 0.6) is 0 Å². The fourth-order valence-electron chi connectivity index (χ4n) is 2.76. The molecule has 0 aromatic heterocycles. The highest BCUT2D eigenvalue weighted by atomic mass is 14.8. The van der Waals surface area contributed by atoms with E-state index in [9.17, 15) is 0 Å². The molecule has 0 atom stereocenters. The van der Waals surface area contributed by atoms with Crippen LogP contribution in [0.1, 0.15) is 44.7 Å². The minimum absolute atomic E-state index is 0.210. The molecule has 1 nitrogen and oxygen atoms in total. The minimum Gasteiger partial charge on any atom is -0.257 e. The van der Waals surface area contributed by atoms with E-state index in [0.717, 1.165) is 12.8 Å². The summed E-state index contributed by atoms with van der Waals surface area (Å²) in [6.45, 7) is 8.85. The Balaban J connectivity index is 2.63. The highest BCUT2D eigenvalue weighted by Crippen LogP contribution is 2.44. The molecule has 0 amide bonds. The first-order valence-corrected chi connectivity index (χ1v) is 5.81. The topological polar surface area (TPSA) is 12.4 Å². The molecule has 1 heteroatoms. The number of fused-ring (bicyclic) bond motifs is 1. The summed E-state index contributed by atoms with van der Waals surface area (Å²) >= 11 is 0. The highest BCUT2D eigenvalue weighted by Gasteiger charge is 2.37. The number of hydrogen-bond acceptors (Lipinski definition) is 1. The maximum atomic E-state index is 4.71. The summed E-state index contributed by atoms with van der Waals surface area (Å²) in [6.07, 6.45) is 2.30. The van der Waals surface area contributed by atoms with E-state index in [-0.39, 0.29) is 5.41 Å². The fourth-order valence-corrected chi connectivity index (χ4v) is 2.76.